The molecule has 0 saturated heterocycles. The van der Waals surface area contributed by atoms with Crippen LogP contribution in [0.15, 0.2) is 36.7 Å². The summed E-state index contributed by atoms with van der Waals surface area (Å²) in [6.45, 7) is 17.0. The van der Waals surface area contributed by atoms with Gasteiger partial charge in [-0.15, -0.1) is 0 Å². The average molecular weight is 471 g/mol. The standard InChI is InChI=1S/C14H22N2O2.C13H20N2O/c1-10(9-17)16(5)13(18)11-6-7-12(15-8-11)14(2,3)4;1-6-15(5)12(16)10-7-8-11(14-9-10)13(2,3)4/h6-8,10,17H,9H2,1-5H3;7-9H,6H2,1-5H3. The number of aliphatic hydroxyl groups is 1. The third kappa shape index (κ3) is 8.20. The van der Waals surface area contributed by atoms with Crippen LogP contribution in [0.3, 0.4) is 0 Å². The minimum absolute atomic E-state index is 0.0220. The normalized spacial score (nSPS) is 12.3. The minimum atomic E-state index is -0.195. The second-order valence-electron chi connectivity index (χ2n) is 10.6. The van der Waals surface area contributed by atoms with E-state index in [0.29, 0.717) is 17.7 Å². The zero-order chi connectivity index (χ0) is 26.3. The van der Waals surface area contributed by atoms with E-state index >= 15 is 0 Å². The Balaban J connectivity index is 0.000000342. The first-order valence-corrected chi connectivity index (χ1v) is 11.7. The molecule has 7 heteroatoms. The highest BCUT2D eigenvalue weighted by atomic mass is 16.3. The van der Waals surface area contributed by atoms with Crippen LogP contribution in [0, 0.1) is 0 Å². The number of nitrogens with zero attached hydrogens (tertiary/aromatic N) is 4. The number of carbonyl (C=O) groups excluding carboxylic acids is 2. The third-order valence-corrected chi connectivity index (χ3v) is 5.62. The quantitative estimate of drug-likeness (QED) is 0.704. The van der Waals surface area contributed by atoms with Crippen LogP contribution < -0.4 is 0 Å². The molecule has 0 aromatic carbocycles. The lowest BCUT2D eigenvalue weighted by Gasteiger charge is -2.23. The van der Waals surface area contributed by atoms with E-state index in [9.17, 15) is 9.59 Å². The van der Waals surface area contributed by atoms with Gasteiger partial charge in [0.2, 0.25) is 0 Å². The van der Waals surface area contributed by atoms with E-state index in [0.717, 1.165) is 11.4 Å². The molecule has 2 heterocycles. The van der Waals surface area contributed by atoms with Gasteiger partial charge >= 0.3 is 0 Å². The highest BCUT2D eigenvalue weighted by Gasteiger charge is 2.20. The molecular formula is C27H42N4O3. The third-order valence-electron chi connectivity index (χ3n) is 5.62. The molecule has 1 N–H and O–H groups in total. The van der Waals surface area contributed by atoms with Crippen molar-refractivity contribution in [3.63, 3.8) is 0 Å². The molecule has 1 atom stereocenters. The average Bonchev–Trinajstić information content (AvgIpc) is 2.81. The van der Waals surface area contributed by atoms with Crippen LogP contribution >= 0.6 is 0 Å². The van der Waals surface area contributed by atoms with Crippen LogP contribution in [0.5, 0.6) is 0 Å². The molecule has 0 aliphatic carbocycles. The summed E-state index contributed by atoms with van der Waals surface area (Å²) in [6.07, 6.45) is 3.26. The van der Waals surface area contributed by atoms with Crippen molar-refractivity contribution in [3.8, 4) is 0 Å². The Kier molecular flexibility index (Phi) is 10.4. The second-order valence-corrected chi connectivity index (χ2v) is 10.6. The summed E-state index contributed by atoms with van der Waals surface area (Å²) in [5.74, 6) is -0.0973. The summed E-state index contributed by atoms with van der Waals surface area (Å²) < 4.78 is 0. The number of hydrogen-bond donors (Lipinski definition) is 1. The van der Waals surface area contributed by atoms with E-state index < -0.39 is 0 Å². The predicted octanol–water partition coefficient (Wildman–Crippen LogP) is 4.30. The predicted molar refractivity (Wildman–Crippen MR) is 137 cm³/mol. The molecule has 188 valence electrons. The van der Waals surface area contributed by atoms with Crippen molar-refractivity contribution in [1.82, 2.24) is 19.8 Å². The van der Waals surface area contributed by atoms with Gasteiger partial charge in [0.1, 0.15) is 0 Å². The number of likely N-dealkylation sites (N-methyl/N-ethyl adjacent to an activating group) is 1. The van der Waals surface area contributed by atoms with Crippen molar-refractivity contribution in [2.24, 2.45) is 0 Å². The van der Waals surface area contributed by atoms with Gasteiger partial charge in [0.25, 0.3) is 11.8 Å². The van der Waals surface area contributed by atoms with Crippen molar-refractivity contribution < 1.29 is 14.7 Å². The Hall–Kier alpha value is -2.80. The van der Waals surface area contributed by atoms with E-state index in [1.54, 1.807) is 44.4 Å². The fraction of sp³-hybridized carbons (Fsp3) is 0.556. The Morgan fingerprint density at radius 3 is 1.56 bits per heavy atom. The van der Waals surface area contributed by atoms with Gasteiger partial charge in [-0.3, -0.25) is 19.6 Å². The maximum Gasteiger partial charge on any atom is 0.255 e. The summed E-state index contributed by atoms with van der Waals surface area (Å²) in [5, 5.41) is 9.04. The lowest BCUT2D eigenvalue weighted by atomic mass is 9.91. The Morgan fingerprint density at radius 2 is 1.26 bits per heavy atom. The summed E-state index contributed by atoms with van der Waals surface area (Å²) in [6, 6.07) is 7.25. The summed E-state index contributed by atoms with van der Waals surface area (Å²) in [4.78, 5) is 35.8. The van der Waals surface area contributed by atoms with Crippen molar-refractivity contribution in [3.05, 3.63) is 59.2 Å². The van der Waals surface area contributed by atoms with Gasteiger partial charge in [0.15, 0.2) is 0 Å². The van der Waals surface area contributed by atoms with Gasteiger partial charge in [-0.05, 0) is 38.1 Å². The summed E-state index contributed by atoms with van der Waals surface area (Å²) >= 11 is 0. The molecule has 2 aromatic rings. The van der Waals surface area contributed by atoms with Crippen LogP contribution in [0.25, 0.3) is 0 Å². The van der Waals surface area contributed by atoms with Gasteiger partial charge in [-0.2, -0.15) is 0 Å². The van der Waals surface area contributed by atoms with Crippen LogP contribution in [0.1, 0.15) is 87.5 Å². The van der Waals surface area contributed by atoms with Gasteiger partial charge in [0, 0.05) is 55.3 Å². The van der Waals surface area contributed by atoms with Gasteiger partial charge in [0.05, 0.1) is 23.8 Å². The van der Waals surface area contributed by atoms with E-state index in [1.807, 2.05) is 25.1 Å². The molecule has 7 nitrogen and oxygen atoms in total. The number of carbonyl (C=O) groups is 2. The lowest BCUT2D eigenvalue weighted by Crippen LogP contribution is -2.37. The van der Waals surface area contributed by atoms with Crippen LogP contribution in [0.4, 0.5) is 0 Å². The summed E-state index contributed by atoms with van der Waals surface area (Å²) in [5.41, 5.74) is 3.16. The number of rotatable bonds is 5. The molecule has 0 spiro atoms. The fourth-order valence-electron chi connectivity index (χ4n) is 2.82. The molecule has 34 heavy (non-hydrogen) atoms. The number of pyridine rings is 2. The molecule has 0 aliphatic heterocycles. The smallest absolute Gasteiger partial charge is 0.255 e. The monoisotopic (exact) mass is 470 g/mol. The maximum absolute atomic E-state index is 12.1. The Morgan fingerprint density at radius 1 is 0.853 bits per heavy atom. The molecule has 2 rings (SSSR count). The van der Waals surface area contributed by atoms with Crippen LogP contribution in [-0.4, -0.2) is 70.0 Å². The molecule has 2 aromatic heterocycles. The summed E-state index contributed by atoms with van der Waals surface area (Å²) in [7, 11) is 3.47. The van der Waals surface area contributed by atoms with E-state index in [1.165, 1.54) is 4.90 Å². The minimum Gasteiger partial charge on any atom is -0.394 e. The van der Waals surface area contributed by atoms with E-state index in [2.05, 4.69) is 51.5 Å². The van der Waals surface area contributed by atoms with Crippen LogP contribution in [-0.2, 0) is 10.8 Å². The van der Waals surface area contributed by atoms with Gasteiger partial charge in [-0.25, -0.2) is 0 Å². The molecule has 0 fully saturated rings. The number of hydrogen-bond acceptors (Lipinski definition) is 5. The topological polar surface area (TPSA) is 86.6 Å². The fourth-order valence-corrected chi connectivity index (χ4v) is 2.82. The zero-order valence-corrected chi connectivity index (χ0v) is 22.5. The van der Waals surface area contributed by atoms with E-state index in [4.69, 9.17) is 5.11 Å². The number of amides is 2. The van der Waals surface area contributed by atoms with Crippen molar-refractivity contribution in [2.75, 3.05) is 27.2 Å². The highest BCUT2D eigenvalue weighted by Crippen LogP contribution is 2.21. The molecule has 0 bridgehead atoms. The Labute approximate surface area is 205 Å². The molecule has 0 aliphatic rings. The van der Waals surface area contributed by atoms with Gasteiger partial charge in [-0.1, -0.05) is 41.5 Å². The van der Waals surface area contributed by atoms with Crippen molar-refractivity contribution >= 4 is 11.8 Å². The Bertz CT molecular complexity index is 926. The van der Waals surface area contributed by atoms with Crippen molar-refractivity contribution in [2.45, 2.75) is 72.3 Å². The molecule has 0 radical (unpaired) electrons. The molecule has 2 amide bonds. The largest absolute Gasteiger partial charge is 0.394 e. The number of aromatic nitrogens is 2. The van der Waals surface area contributed by atoms with E-state index in [-0.39, 0.29) is 35.3 Å². The first kappa shape index (κ1) is 29.2. The first-order valence-electron chi connectivity index (χ1n) is 11.7. The first-order chi connectivity index (χ1) is 15.6. The second kappa shape index (κ2) is 12.1. The number of aliphatic hydroxyl groups excluding tert-OH is 1. The SMILES string of the molecule is CC(CO)N(C)C(=O)c1ccc(C(C)(C)C)nc1.CCN(C)C(=O)c1ccc(C(C)(C)C)nc1. The zero-order valence-electron chi connectivity index (χ0n) is 22.5. The highest BCUT2D eigenvalue weighted by molar-refractivity contribution is 5.94. The molecule has 1 unspecified atom stereocenters. The lowest BCUT2D eigenvalue weighted by molar-refractivity contribution is 0.0681. The maximum atomic E-state index is 12.1. The van der Waals surface area contributed by atoms with Crippen LogP contribution in [0.2, 0.25) is 0 Å². The molecular weight excluding hydrogens is 428 g/mol. The molecule has 0 saturated carbocycles. The van der Waals surface area contributed by atoms with Crippen molar-refractivity contribution in [1.29, 1.82) is 0 Å². The van der Waals surface area contributed by atoms with Gasteiger partial charge < -0.3 is 14.9 Å².